The molecule has 0 unspecified atom stereocenters. The summed E-state index contributed by atoms with van der Waals surface area (Å²) >= 11 is 0. The standard InChI is InChI=1S/C15H12F3N3O3/c1-9-10(5-4-8-13(9)21(23)24)14(22)20-19-12-7-3-2-6-11(12)15(16,17)18/h2-8,19H,1H3,(H,20,22). The number of nitro groups is 1. The minimum atomic E-state index is -4.59. The summed E-state index contributed by atoms with van der Waals surface area (Å²) in [4.78, 5) is 22.3. The second-order valence-electron chi connectivity index (χ2n) is 4.83. The van der Waals surface area contributed by atoms with Crippen LogP contribution in [0.4, 0.5) is 24.5 Å². The Morgan fingerprint density at radius 2 is 1.79 bits per heavy atom. The number of nitro benzene ring substituents is 1. The highest BCUT2D eigenvalue weighted by atomic mass is 19.4. The van der Waals surface area contributed by atoms with E-state index in [9.17, 15) is 28.1 Å². The summed E-state index contributed by atoms with van der Waals surface area (Å²) in [7, 11) is 0. The van der Waals surface area contributed by atoms with Gasteiger partial charge in [0.05, 0.1) is 21.7 Å². The summed E-state index contributed by atoms with van der Waals surface area (Å²) in [6, 6.07) is 8.52. The minimum absolute atomic E-state index is 0.0128. The van der Waals surface area contributed by atoms with Gasteiger partial charge in [-0.05, 0) is 25.1 Å². The smallest absolute Gasteiger partial charge is 0.298 e. The molecule has 2 N–H and O–H groups in total. The number of amides is 1. The van der Waals surface area contributed by atoms with Gasteiger partial charge in [-0.1, -0.05) is 18.2 Å². The number of para-hydroxylation sites is 1. The first-order valence-electron chi connectivity index (χ1n) is 6.68. The van der Waals surface area contributed by atoms with Crippen molar-refractivity contribution >= 4 is 17.3 Å². The van der Waals surface area contributed by atoms with Crippen LogP contribution in [0, 0.1) is 17.0 Å². The van der Waals surface area contributed by atoms with E-state index in [4.69, 9.17) is 0 Å². The van der Waals surface area contributed by atoms with Crippen LogP contribution in [-0.4, -0.2) is 10.8 Å². The lowest BCUT2D eigenvalue weighted by Crippen LogP contribution is -2.31. The van der Waals surface area contributed by atoms with Crippen LogP contribution in [0.25, 0.3) is 0 Å². The Morgan fingerprint density at radius 3 is 2.42 bits per heavy atom. The van der Waals surface area contributed by atoms with Gasteiger partial charge in [-0.2, -0.15) is 13.2 Å². The van der Waals surface area contributed by atoms with Crippen molar-refractivity contribution in [1.29, 1.82) is 0 Å². The average Bonchev–Trinajstić information content (AvgIpc) is 2.52. The lowest BCUT2D eigenvalue weighted by molar-refractivity contribution is -0.385. The van der Waals surface area contributed by atoms with Crippen LogP contribution in [0.5, 0.6) is 0 Å². The SMILES string of the molecule is Cc1c(C(=O)NNc2ccccc2C(F)(F)F)cccc1[N+](=O)[O-]. The van der Waals surface area contributed by atoms with Crippen molar-refractivity contribution in [1.82, 2.24) is 5.43 Å². The number of hydrazine groups is 1. The van der Waals surface area contributed by atoms with Crippen LogP contribution >= 0.6 is 0 Å². The summed E-state index contributed by atoms with van der Waals surface area (Å²) in [5, 5.41) is 10.9. The van der Waals surface area contributed by atoms with Crippen LogP contribution in [0.15, 0.2) is 42.5 Å². The third-order valence-electron chi connectivity index (χ3n) is 3.29. The van der Waals surface area contributed by atoms with Gasteiger partial charge in [0, 0.05) is 11.6 Å². The van der Waals surface area contributed by atoms with Crippen molar-refractivity contribution in [3.8, 4) is 0 Å². The van der Waals surface area contributed by atoms with Crippen molar-refractivity contribution < 1.29 is 22.9 Å². The van der Waals surface area contributed by atoms with Gasteiger partial charge >= 0.3 is 6.18 Å². The molecule has 0 radical (unpaired) electrons. The molecule has 9 heteroatoms. The molecule has 0 bridgehead atoms. The van der Waals surface area contributed by atoms with E-state index in [2.05, 4.69) is 10.9 Å². The molecule has 0 spiro atoms. The fourth-order valence-corrected chi connectivity index (χ4v) is 2.10. The zero-order valence-electron chi connectivity index (χ0n) is 12.3. The van der Waals surface area contributed by atoms with E-state index in [1.807, 2.05) is 0 Å². The van der Waals surface area contributed by atoms with Gasteiger partial charge in [0.1, 0.15) is 0 Å². The van der Waals surface area contributed by atoms with Gasteiger partial charge in [-0.3, -0.25) is 25.8 Å². The number of halogens is 3. The number of alkyl halides is 3. The zero-order chi connectivity index (χ0) is 17.9. The average molecular weight is 339 g/mol. The van der Waals surface area contributed by atoms with Crippen molar-refractivity contribution in [2.45, 2.75) is 13.1 Å². The quantitative estimate of drug-likeness (QED) is 0.657. The maximum absolute atomic E-state index is 12.9. The maximum Gasteiger partial charge on any atom is 0.418 e. The molecule has 2 aromatic rings. The van der Waals surface area contributed by atoms with Gasteiger partial charge < -0.3 is 0 Å². The van der Waals surface area contributed by atoms with Crippen LogP contribution in [0.2, 0.25) is 0 Å². The Labute approximate surface area is 134 Å². The number of rotatable bonds is 4. The van der Waals surface area contributed by atoms with Crippen molar-refractivity contribution in [3.05, 3.63) is 69.3 Å². The van der Waals surface area contributed by atoms with E-state index in [-0.39, 0.29) is 22.5 Å². The van der Waals surface area contributed by atoms with Gasteiger partial charge in [-0.15, -0.1) is 0 Å². The fraction of sp³-hybridized carbons (Fsp3) is 0.133. The molecule has 2 rings (SSSR count). The zero-order valence-corrected chi connectivity index (χ0v) is 12.3. The molecule has 0 atom stereocenters. The Morgan fingerprint density at radius 1 is 1.12 bits per heavy atom. The molecule has 24 heavy (non-hydrogen) atoms. The molecule has 0 heterocycles. The van der Waals surface area contributed by atoms with Gasteiger partial charge in [0.2, 0.25) is 0 Å². The molecule has 0 aliphatic heterocycles. The Bertz CT molecular complexity index is 791. The second-order valence-corrected chi connectivity index (χ2v) is 4.83. The molecule has 2 aromatic carbocycles. The lowest BCUT2D eigenvalue weighted by Gasteiger charge is -2.15. The number of carbonyl (C=O) groups excluding carboxylic acids is 1. The Hall–Kier alpha value is -3.10. The van der Waals surface area contributed by atoms with Crippen LogP contribution < -0.4 is 10.9 Å². The van der Waals surface area contributed by atoms with Crippen molar-refractivity contribution in [2.75, 3.05) is 5.43 Å². The Balaban J connectivity index is 2.21. The molecular weight excluding hydrogens is 327 g/mol. The van der Waals surface area contributed by atoms with Gasteiger partial charge in [0.25, 0.3) is 11.6 Å². The van der Waals surface area contributed by atoms with Gasteiger partial charge in [0.15, 0.2) is 0 Å². The first-order chi connectivity index (χ1) is 11.2. The van der Waals surface area contributed by atoms with Crippen LogP contribution in [0.3, 0.4) is 0 Å². The summed E-state index contributed by atoms with van der Waals surface area (Å²) < 4.78 is 38.6. The molecule has 0 aliphatic rings. The lowest BCUT2D eigenvalue weighted by atomic mass is 10.1. The predicted octanol–water partition coefficient (Wildman–Crippen LogP) is 3.68. The molecule has 0 saturated carbocycles. The molecule has 0 aromatic heterocycles. The van der Waals surface area contributed by atoms with E-state index in [1.165, 1.54) is 37.3 Å². The molecule has 6 nitrogen and oxygen atoms in total. The number of anilines is 1. The van der Waals surface area contributed by atoms with E-state index < -0.39 is 22.6 Å². The van der Waals surface area contributed by atoms with Gasteiger partial charge in [-0.25, -0.2) is 0 Å². The highest BCUT2D eigenvalue weighted by Gasteiger charge is 2.33. The molecule has 0 saturated heterocycles. The van der Waals surface area contributed by atoms with Crippen LogP contribution in [-0.2, 0) is 6.18 Å². The maximum atomic E-state index is 12.9. The monoisotopic (exact) mass is 339 g/mol. The molecular formula is C15H12F3N3O3. The number of benzene rings is 2. The van der Waals surface area contributed by atoms with E-state index in [0.29, 0.717) is 0 Å². The summed E-state index contributed by atoms with van der Waals surface area (Å²) in [5.74, 6) is -0.784. The highest BCUT2D eigenvalue weighted by molar-refractivity contribution is 5.97. The number of nitrogens with zero attached hydrogens (tertiary/aromatic N) is 1. The number of hydrogen-bond donors (Lipinski definition) is 2. The first kappa shape index (κ1) is 17.3. The number of hydrogen-bond acceptors (Lipinski definition) is 4. The Kier molecular flexibility index (Phi) is 4.72. The summed E-state index contributed by atoms with van der Waals surface area (Å²) in [5.41, 5.74) is 2.90. The highest BCUT2D eigenvalue weighted by Crippen LogP contribution is 2.34. The predicted molar refractivity (Wildman–Crippen MR) is 80.4 cm³/mol. The number of nitrogens with one attached hydrogen (secondary N) is 2. The molecule has 1 amide bonds. The fourth-order valence-electron chi connectivity index (χ4n) is 2.10. The topological polar surface area (TPSA) is 84.3 Å². The molecule has 0 aliphatic carbocycles. The molecule has 126 valence electrons. The first-order valence-corrected chi connectivity index (χ1v) is 6.68. The van der Waals surface area contributed by atoms with Crippen LogP contribution in [0.1, 0.15) is 21.5 Å². The summed E-state index contributed by atoms with van der Waals surface area (Å²) in [6.45, 7) is 1.39. The van der Waals surface area contributed by atoms with Crippen molar-refractivity contribution in [2.24, 2.45) is 0 Å². The van der Waals surface area contributed by atoms with E-state index >= 15 is 0 Å². The molecule has 0 fully saturated rings. The third kappa shape index (κ3) is 3.62. The number of carbonyl (C=O) groups is 1. The third-order valence-corrected chi connectivity index (χ3v) is 3.29. The normalized spacial score (nSPS) is 11.0. The largest absolute Gasteiger partial charge is 0.418 e. The van der Waals surface area contributed by atoms with E-state index in [1.54, 1.807) is 0 Å². The minimum Gasteiger partial charge on any atom is -0.298 e. The van der Waals surface area contributed by atoms with Crippen molar-refractivity contribution in [3.63, 3.8) is 0 Å². The second kappa shape index (κ2) is 6.57. The summed E-state index contributed by atoms with van der Waals surface area (Å²) in [6.07, 6.45) is -4.59. The van der Waals surface area contributed by atoms with E-state index in [0.717, 1.165) is 12.1 Å².